The first-order chi connectivity index (χ1) is 12.0. The number of hydrogen-bond donors (Lipinski definition) is 2. The number of carbonyl (C=O) groups is 1. The summed E-state index contributed by atoms with van der Waals surface area (Å²) >= 11 is 0. The summed E-state index contributed by atoms with van der Waals surface area (Å²) in [4.78, 5) is 14.4. The van der Waals surface area contributed by atoms with Crippen LogP contribution in [0.2, 0.25) is 0 Å². The summed E-state index contributed by atoms with van der Waals surface area (Å²) in [6.07, 6.45) is 0. The van der Waals surface area contributed by atoms with Crippen molar-refractivity contribution in [1.29, 1.82) is 0 Å². The molecule has 0 fully saturated rings. The summed E-state index contributed by atoms with van der Waals surface area (Å²) in [5, 5.41) is 5.77. The molecule has 5 heteroatoms. The fourth-order valence-corrected chi connectivity index (χ4v) is 2.66. The Kier molecular flexibility index (Phi) is 7.07. The first kappa shape index (κ1) is 19.1. The van der Waals surface area contributed by atoms with E-state index in [9.17, 15) is 4.79 Å². The lowest BCUT2D eigenvalue weighted by atomic mass is 10.1. The molecule has 0 aliphatic rings. The molecule has 2 aromatic rings. The fraction of sp³-hybridized carbons (Fsp3) is 0.450. The Hall–Kier alpha value is -2.27. The first-order valence-corrected chi connectivity index (χ1v) is 8.92. The van der Waals surface area contributed by atoms with E-state index in [1.54, 1.807) is 0 Å². The van der Waals surface area contributed by atoms with Crippen LogP contribution in [0.5, 0.6) is 0 Å². The molecular weight excluding hydrogens is 314 g/mol. The van der Waals surface area contributed by atoms with Crippen molar-refractivity contribution in [3.8, 4) is 0 Å². The van der Waals surface area contributed by atoms with Gasteiger partial charge in [0.2, 0.25) is 0 Å². The molecule has 0 bridgehead atoms. The average molecular weight is 343 g/mol. The Bertz CT molecular complexity index is 660. The number of carbonyl (C=O) groups excluding carboxylic acids is 1. The molecule has 25 heavy (non-hydrogen) atoms. The summed E-state index contributed by atoms with van der Waals surface area (Å²) in [5.41, 5.74) is 2.37. The minimum Gasteiger partial charge on any atom is -0.464 e. The van der Waals surface area contributed by atoms with Gasteiger partial charge in [-0.05, 0) is 50.2 Å². The topological polar surface area (TPSA) is 57.5 Å². The second-order valence-electron chi connectivity index (χ2n) is 6.28. The predicted molar refractivity (Wildman–Crippen MR) is 100 cm³/mol. The molecule has 0 radical (unpaired) electrons. The Balaban J connectivity index is 1.79. The quantitative estimate of drug-likeness (QED) is 0.762. The normalized spacial score (nSPS) is 12.2. The highest BCUT2D eigenvalue weighted by Gasteiger charge is 2.12. The molecule has 2 rings (SSSR count). The molecule has 2 N–H and O–H groups in total. The van der Waals surface area contributed by atoms with Gasteiger partial charge in [0.05, 0.1) is 6.04 Å². The summed E-state index contributed by atoms with van der Waals surface area (Å²) < 4.78 is 5.53. The monoisotopic (exact) mass is 343 g/mol. The van der Waals surface area contributed by atoms with E-state index in [4.69, 9.17) is 4.42 Å². The molecule has 1 unspecified atom stereocenters. The number of aryl methyl sites for hydroxylation is 1. The summed E-state index contributed by atoms with van der Waals surface area (Å²) in [7, 11) is 0. The largest absolute Gasteiger partial charge is 0.464 e. The molecule has 1 aromatic heterocycles. The third kappa shape index (κ3) is 5.94. The van der Waals surface area contributed by atoms with Crippen LogP contribution in [0, 0.1) is 6.92 Å². The highest BCUT2D eigenvalue weighted by molar-refractivity contribution is 5.74. The van der Waals surface area contributed by atoms with Gasteiger partial charge in [-0.15, -0.1) is 0 Å². The van der Waals surface area contributed by atoms with Gasteiger partial charge in [0.1, 0.15) is 11.5 Å². The van der Waals surface area contributed by atoms with Gasteiger partial charge in [-0.3, -0.25) is 4.90 Å². The van der Waals surface area contributed by atoms with Gasteiger partial charge in [0.15, 0.2) is 0 Å². The van der Waals surface area contributed by atoms with Gasteiger partial charge < -0.3 is 15.1 Å². The number of benzene rings is 1. The highest BCUT2D eigenvalue weighted by atomic mass is 16.3. The van der Waals surface area contributed by atoms with Crippen LogP contribution >= 0.6 is 0 Å². The lowest BCUT2D eigenvalue weighted by Gasteiger charge is -2.18. The minimum atomic E-state index is -0.200. The lowest BCUT2D eigenvalue weighted by molar-refractivity contribution is 0.235. The van der Waals surface area contributed by atoms with E-state index >= 15 is 0 Å². The second kappa shape index (κ2) is 9.28. The van der Waals surface area contributed by atoms with E-state index in [2.05, 4.69) is 53.6 Å². The van der Waals surface area contributed by atoms with Crippen LogP contribution in [-0.4, -0.2) is 24.0 Å². The highest BCUT2D eigenvalue weighted by Crippen LogP contribution is 2.15. The zero-order valence-electron chi connectivity index (χ0n) is 15.6. The number of nitrogens with one attached hydrogen (secondary N) is 2. The van der Waals surface area contributed by atoms with Crippen LogP contribution < -0.4 is 10.6 Å². The van der Waals surface area contributed by atoms with Gasteiger partial charge in [-0.1, -0.05) is 38.1 Å². The molecule has 1 atom stereocenters. The van der Waals surface area contributed by atoms with Gasteiger partial charge in [-0.25, -0.2) is 4.79 Å². The van der Waals surface area contributed by atoms with Crippen LogP contribution in [0.4, 0.5) is 4.79 Å². The Labute approximate surface area is 150 Å². The van der Waals surface area contributed by atoms with E-state index in [0.717, 1.165) is 36.7 Å². The maximum atomic E-state index is 12.0. The van der Waals surface area contributed by atoms with Crippen molar-refractivity contribution in [2.24, 2.45) is 0 Å². The van der Waals surface area contributed by atoms with E-state index < -0.39 is 0 Å². The van der Waals surface area contributed by atoms with E-state index in [1.165, 1.54) is 5.56 Å². The molecule has 0 aliphatic heterocycles. The van der Waals surface area contributed by atoms with Gasteiger partial charge in [0.25, 0.3) is 0 Å². The fourth-order valence-electron chi connectivity index (χ4n) is 2.66. The Morgan fingerprint density at radius 1 is 1.08 bits per heavy atom. The summed E-state index contributed by atoms with van der Waals surface area (Å²) in [5.74, 6) is 1.60. The number of hydrogen-bond acceptors (Lipinski definition) is 3. The van der Waals surface area contributed by atoms with Crippen molar-refractivity contribution >= 4 is 6.03 Å². The predicted octanol–water partition coefficient (Wildman–Crippen LogP) is 3.99. The molecule has 136 valence electrons. The zero-order valence-corrected chi connectivity index (χ0v) is 15.6. The molecule has 0 aliphatic carbocycles. The molecule has 0 saturated heterocycles. The van der Waals surface area contributed by atoms with Crippen LogP contribution in [-0.2, 0) is 13.1 Å². The van der Waals surface area contributed by atoms with Crippen molar-refractivity contribution in [2.75, 3.05) is 13.1 Å². The van der Waals surface area contributed by atoms with Crippen LogP contribution in [0.25, 0.3) is 0 Å². The standard InChI is InChI=1S/C20H29N3O2/c1-5-23(6-2)14-18-10-8-17(9-11-18)13-21-20(24)22-16(4)19-12-7-15(3)25-19/h7-12,16H,5-6,13-14H2,1-4H3,(H2,21,22,24). The van der Waals surface area contributed by atoms with Gasteiger partial charge >= 0.3 is 6.03 Å². The third-order valence-electron chi connectivity index (χ3n) is 4.31. The minimum absolute atomic E-state index is 0.162. The Morgan fingerprint density at radius 3 is 2.28 bits per heavy atom. The van der Waals surface area contributed by atoms with Crippen LogP contribution in [0.3, 0.4) is 0 Å². The number of amides is 2. The van der Waals surface area contributed by atoms with Crippen molar-refractivity contribution in [2.45, 2.75) is 46.8 Å². The molecule has 5 nitrogen and oxygen atoms in total. The van der Waals surface area contributed by atoms with Crippen molar-refractivity contribution in [3.05, 3.63) is 59.0 Å². The smallest absolute Gasteiger partial charge is 0.315 e. The SMILES string of the molecule is CCN(CC)Cc1ccc(CNC(=O)NC(C)c2ccc(C)o2)cc1. The van der Waals surface area contributed by atoms with E-state index in [0.29, 0.717) is 6.54 Å². The molecular formula is C20H29N3O2. The number of nitrogens with zero attached hydrogens (tertiary/aromatic N) is 1. The molecule has 0 spiro atoms. The summed E-state index contributed by atoms with van der Waals surface area (Å²) in [6.45, 7) is 11.7. The molecule has 0 saturated carbocycles. The van der Waals surface area contributed by atoms with Gasteiger partial charge in [0, 0.05) is 13.1 Å². The van der Waals surface area contributed by atoms with Crippen LogP contribution in [0.1, 0.15) is 49.5 Å². The number of urea groups is 1. The first-order valence-electron chi connectivity index (χ1n) is 8.92. The maximum absolute atomic E-state index is 12.0. The van der Waals surface area contributed by atoms with Crippen molar-refractivity contribution in [3.63, 3.8) is 0 Å². The third-order valence-corrected chi connectivity index (χ3v) is 4.31. The number of furan rings is 1. The average Bonchev–Trinajstić information content (AvgIpc) is 3.05. The second-order valence-corrected chi connectivity index (χ2v) is 6.28. The Morgan fingerprint density at radius 2 is 1.72 bits per heavy atom. The lowest BCUT2D eigenvalue weighted by Crippen LogP contribution is -2.36. The maximum Gasteiger partial charge on any atom is 0.315 e. The van der Waals surface area contributed by atoms with Gasteiger partial charge in [-0.2, -0.15) is 0 Å². The van der Waals surface area contributed by atoms with E-state index in [1.807, 2.05) is 26.0 Å². The summed E-state index contributed by atoms with van der Waals surface area (Å²) in [6, 6.07) is 11.8. The van der Waals surface area contributed by atoms with Crippen molar-refractivity contribution < 1.29 is 9.21 Å². The van der Waals surface area contributed by atoms with Crippen molar-refractivity contribution in [1.82, 2.24) is 15.5 Å². The number of rotatable bonds is 8. The van der Waals surface area contributed by atoms with E-state index in [-0.39, 0.29) is 12.1 Å². The van der Waals surface area contributed by atoms with Crippen LogP contribution in [0.15, 0.2) is 40.8 Å². The molecule has 1 heterocycles. The zero-order chi connectivity index (χ0) is 18.2. The molecule has 2 amide bonds. The molecule has 1 aromatic carbocycles.